The van der Waals surface area contributed by atoms with Gasteiger partial charge in [0.1, 0.15) is 11.4 Å². The van der Waals surface area contributed by atoms with Crippen LogP contribution in [0.4, 0.5) is 5.69 Å². The average Bonchev–Trinajstić information content (AvgIpc) is 3.18. The van der Waals surface area contributed by atoms with Crippen LogP contribution in [-0.4, -0.2) is 41.1 Å². The van der Waals surface area contributed by atoms with Crippen LogP contribution in [0.3, 0.4) is 0 Å². The Hall–Kier alpha value is -2.78. The lowest BCUT2D eigenvalue weighted by Crippen LogP contribution is -2.49. The summed E-state index contributed by atoms with van der Waals surface area (Å²) in [4.78, 5) is 41.4. The van der Waals surface area contributed by atoms with E-state index in [0.29, 0.717) is 15.9 Å². The maximum absolute atomic E-state index is 13.1. The van der Waals surface area contributed by atoms with Crippen LogP contribution < -0.4 is 15.1 Å². The standard InChI is InChI=1S/C24H18N3O4S/c1-11-3-4-13-18-14-7-25-8-15(14)19-20-16(5-12(28)6-17(20)29)26-9-32-10-27(2,22(18)21(19)26)23(13)24(11)30-31-24/h3-5,7-8,11H,6,9-10H2,1-2H3/q+1. The zero-order valence-corrected chi connectivity index (χ0v) is 18.3. The smallest absolute Gasteiger partial charge is 0.313 e. The number of fused-ring (bicyclic) bond motifs is 9. The zero-order valence-electron chi connectivity index (χ0n) is 17.5. The number of aromatic nitrogens is 1. The molecule has 1 saturated heterocycles. The summed E-state index contributed by atoms with van der Waals surface area (Å²) in [6.45, 7) is 2.11. The van der Waals surface area contributed by atoms with Gasteiger partial charge in [0.05, 0.1) is 41.4 Å². The highest BCUT2D eigenvalue weighted by Crippen LogP contribution is 2.61. The highest BCUT2D eigenvalue weighted by atomic mass is 32.2. The third-order valence-electron chi connectivity index (χ3n) is 7.74. The summed E-state index contributed by atoms with van der Waals surface area (Å²) < 4.78 is 2.72. The van der Waals surface area contributed by atoms with Gasteiger partial charge in [0.2, 0.25) is 0 Å². The van der Waals surface area contributed by atoms with Crippen molar-refractivity contribution in [2.24, 2.45) is 10.9 Å². The predicted octanol–water partition coefficient (Wildman–Crippen LogP) is 1.94. The van der Waals surface area contributed by atoms with Gasteiger partial charge in [-0.1, -0.05) is 30.8 Å². The summed E-state index contributed by atoms with van der Waals surface area (Å²) in [6, 6.07) is 0. The highest BCUT2D eigenvalue weighted by molar-refractivity contribution is 7.98. The first-order valence-electron chi connectivity index (χ1n) is 10.7. The fraction of sp³-hybridized carbons (Fsp3) is 0.292. The van der Waals surface area contributed by atoms with E-state index in [9.17, 15) is 9.59 Å². The molecule has 2 unspecified atom stereocenters. The molecule has 5 heterocycles. The second-order valence-corrected chi connectivity index (χ2v) is 10.4. The summed E-state index contributed by atoms with van der Waals surface area (Å²) in [5, 5.41) is 2.63. The fourth-order valence-electron chi connectivity index (χ4n) is 6.38. The average molecular weight is 444 g/mol. The molecular formula is C24H18N3O4S+. The Labute approximate surface area is 186 Å². The first-order valence-corrected chi connectivity index (χ1v) is 11.9. The van der Waals surface area contributed by atoms with Crippen LogP contribution in [0.5, 0.6) is 0 Å². The van der Waals surface area contributed by atoms with E-state index in [-0.39, 0.29) is 23.9 Å². The number of hydrogen-bond donors (Lipinski definition) is 0. The maximum Gasteiger partial charge on any atom is 0.313 e. The molecule has 0 N–H and O–H groups in total. The van der Waals surface area contributed by atoms with Crippen LogP contribution in [0.15, 0.2) is 22.8 Å². The molecule has 1 aromatic carbocycles. The summed E-state index contributed by atoms with van der Waals surface area (Å²) in [5.74, 6) is 0.577. The van der Waals surface area contributed by atoms with E-state index in [1.54, 1.807) is 17.8 Å². The monoisotopic (exact) mass is 444 g/mol. The minimum atomic E-state index is -0.754. The van der Waals surface area contributed by atoms with Gasteiger partial charge in [-0.2, -0.15) is 9.78 Å². The van der Waals surface area contributed by atoms with Gasteiger partial charge >= 0.3 is 5.79 Å². The van der Waals surface area contributed by atoms with Gasteiger partial charge in [0.15, 0.2) is 23.0 Å². The third-order valence-corrected chi connectivity index (χ3v) is 8.88. The minimum Gasteiger partial charge on any atom is -0.325 e. The number of thioether (sulfide) groups is 1. The number of allylic oxidation sites excluding steroid dienone is 2. The molecule has 8 rings (SSSR count). The van der Waals surface area contributed by atoms with E-state index in [0.717, 1.165) is 55.4 Å². The summed E-state index contributed by atoms with van der Waals surface area (Å²) in [5.41, 5.74) is 7.26. The lowest BCUT2D eigenvalue weighted by molar-refractivity contribution is -0.112. The Morgan fingerprint density at radius 2 is 2.12 bits per heavy atom. The molecular weight excluding hydrogens is 426 g/mol. The van der Waals surface area contributed by atoms with Gasteiger partial charge < -0.3 is 4.57 Å². The van der Waals surface area contributed by atoms with Crippen LogP contribution in [0.25, 0.3) is 28.8 Å². The first-order chi connectivity index (χ1) is 15.5. The van der Waals surface area contributed by atoms with E-state index in [1.165, 1.54) is 0 Å². The number of Topliss-reactive ketones (excluding diaryl/α,β-unsaturated/α-hetero) is 2. The van der Waals surface area contributed by atoms with Crippen molar-refractivity contribution in [1.82, 2.24) is 9.05 Å². The van der Waals surface area contributed by atoms with Crippen molar-refractivity contribution in [3.63, 3.8) is 0 Å². The molecule has 32 heavy (non-hydrogen) atoms. The Bertz CT molecular complexity index is 1600. The lowest BCUT2D eigenvalue weighted by Gasteiger charge is -2.34. The van der Waals surface area contributed by atoms with Crippen molar-refractivity contribution < 1.29 is 19.4 Å². The van der Waals surface area contributed by atoms with Gasteiger partial charge in [-0.3, -0.25) is 14.6 Å². The lowest BCUT2D eigenvalue weighted by atomic mass is 9.86. The Kier molecular flexibility index (Phi) is 2.90. The molecule has 2 aliphatic carbocycles. The van der Waals surface area contributed by atoms with Crippen molar-refractivity contribution in [1.29, 1.82) is 0 Å². The molecule has 8 heteroatoms. The van der Waals surface area contributed by atoms with Crippen molar-refractivity contribution in [3.05, 3.63) is 45.1 Å². The summed E-state index contributed by atoms with van der Waals surface area (Å²) >= 11 is 1.79. The van der Waals surface area contributed by atoms with Crippen LogP contribution in [0.1, 0.15) is 34.8 Å². The normalized spacial score (nSPS) is 29.8. The number of carbonyl (C=O) groups excluding carboxylic acids is 2. The molecule has 0 bridgehead atoms. The topological polar surface area (TPSA) is 76.5 Å². The number of ketones is 2. The number of quaternary nitrogens is 1. The van der Waals surface area contributed by atoms with Gasteiger partial charge in [0, 0.05) is 40.6 Å². The van der Waals surface area contributed by atoms with E-state index in [4.69, 9.17) is 9.78 Å². The van der Waals surface area contributed by atoms with Gasteiger partial charge in [-0.25, -0.2) is 4.48 Å². The Balaban J connectivity index is 1.63. The van der Waals surface area contributed by atoms with Crippen LogP contribution >= 0.6 is 11.8 Å². The summed E-state index contributed by atoms with van der Waals surface area (Å²) in [7, 11) is 2.22. The molecule has 2 aromatic rings. The molecule has 6 aliphatic rings. The predicted molar refractivity (Wildman–Crippen MR) is 122 cm³/mol. The second-order valence-electron chi connectivity index (χ2n) is 9.48. The molecule has 7 nitrogen and oxygen atoms in total. The number of likely N-dealkylation sites (N-methyl/N-ethyl adjacent to an activating group) is 1. The van der Waals surface area contributed by atoms with Crippen LogP contribution in [-0.2, 0) is 20.4 Å². The summed E-state index contributed by atoms with van der Waals surface area (Å²) in [6.07, 6.45) is 9.68. The molecule has 1 fully saturated rings. The molecule has 158 valence electrons. The van der Waals surface area contributed by atoms with E-state index in [2.05, 4.69) is 35.7 Å². The second kappa shape index (κ2) is 5.23. The fourth-order valence-corrected chi connectivity index (χ4v) is 7.53. The minimum absolute atomic E-state index is 0.0715. The number of hydrogen-bond acceptors (Lipinski definition) is 6. The first kappa shape index (κ1) is 17.7. The third kappa shape index (κ3) is 1.72. The van der Waals surface area contributed by atoms with Gasteiger partial charge in [-0.05, 0) is 0 Å². The quantitative estimate of drug-likeness (QED) is 0.269. The Morgan fingerprint density at radius 1 is 1.28 bits per heavy atom. The van der Waals surface area contributed by atoms with Crippen LogP contribution in [0, 0.1) is 5.92 Å². The number of benzene rings is 1. The number of aliphatic imine (C=N–C) groups is 1. The molecule has 4 aliphatic heterocycles. The molecule has 0 radical (unpaired) electrons. The number of carbonyl (C=O) groups is 2. The van der Waals surface area contributed by atoms with Crippen molar-refractivity contribution in [2.45, 2.75) is 25.0 Å². The van der Waals surface area contributed by atoms with Gasteiger partial charge in [0.25, 0.3) is 0 Å². The molecule has 0 amide bonds. The van der Waals surface area contributed by atoms with E-state index in [1.807, 2.05) is 12.4 Å². The largest absolute Gasteiger partial charge is 0.325 e. The zero-order chi connectivity index (χ0) is 21.6. The van der Waals surface area contributed by atoms with E-state index < -0.39 is 5.79 Å². The molecule has 1 spiro atoms. The molecule has 0 saturated carbocycles. The Morgan fingerprint density at radius 3 is 2.94 bits per heavy atom. The van der Waals surface area contributed by atoms with Crippen molar-refractivity contribution in [2.75, 3.05) is 12.9 Å². The van der Waals surface area contributed by atoms with Crippen molar-refractivity contribution >= 4 is 64.0 Å². The SMILES string of the molecule is CC1C=CC2=C(C13OO3)[N+]1(C)CSCn3c4c(c5c6c(c2c1c53)C=NC=6)C(=O)CC(=O)C=4. The van der Waals surface area contributed by atoms with Crippen LogP contribution in [0.2, 0.25) is 0 Å². The van der Waals surface area contributed by atoms with Crippen molar-refractivity contribution in [3.8, 4) is 0 Å². The van der Waals surface area contributed by atoms with E-state index >= 15 is 0 Å². The van der Waals surface area contributed by atoms with Gasteiger partial charge in [-0.15, -0.1) is 0 Å². The molecule has 2 atom stereocenters. The highest BCUT2D eigenvalue weighted by Gasteiger charge is 2.69. The molecule has 1 aromatic heterocycles. The maximum atomic E-state index is 13.1. The number of rotatable bonds is 0. The number of nitrogens with zero attached hydrogens (tertiary/aromatic N) is 3.